The molecule has 1 saturated heterocycles. The minimum atomic E-state index is -0.364. The average Bonchev–Trinajstić information content (AvgIpc) is 2.44. The molecule has 1 atom stereocenters. The Kier molecular flexibility index (Phi) is 2.41. The molecule has 0 saturated carbocycles. The van der Waals surface area contributed by atoms with Crippen LogP contribution in [0, 0.1) is 25.2 Å². The number of hydrogen-bond acceptors (Lipinski definition) is 5. The summed E-state index contributed by atoms with van der Waals surface area (Å²) < 4.78 is 0. The fourth-order valence-electron chi connectivity index (χ4n) is 1.66. The van der Waals surface area contributed by atoms with Crippen LogP contribution in [0.1, 0.15) is 18.6 Å². The second kappa shape index (κ2) is 3.62. The number of ketones is 1. The lowest BCUT2D eigenvalue weighted by Crippen LogP contribution is -2.28. The Hall–Kier alpha value is -1.85. The molecule has 0 radical (unpaired) electrons. The van der Waals surface area contributed by atoms with Crippen LogP contribution < -0.4 is 4.90 Å². The van der Waals surface area contributed by atoms with Crippen molar-refractivity contribution in [1.82, 2.24) is 15.0 Å². The number of nitrogens with one attached hydrogen (secondary N) is 1. The van der Waals surface area contributed by atoms with Crippen molar-refractivity contribution in [3.63, 3.8) is 0 Å². The van der Waals surface area contributed by atoms with Crippen LogP contribution in [0.3, 0.4) is 0 Å². The number of rotatable bonds is 1. The number of nitrogens with zero attached hydrogens (tertiary/aromatic N) is 4. The van der Waals surface area contributed by atoms with Crippen LogP contribution in [-0.4, -0.2) is 33.1 Å². The van der Waals surface area contributed by atoms with Gasteiger partial charge in [0.2, 0.25) is 5.95 Å². The number of carbonyl (C=O) groups excluding carboxylic acids is 1. The maximum absolute atomic E-state index is 11.5. The Morgan fingerprint density at radius 2 is 1.81 bits per heavy atom. The normalized spacial score (nSPS) is 20.7. The maximum Gasteiger partial charge on any atom is 0.234 e. The topological polar surface area (TPSA) is 82.8 Å². The Balaban J connectivity index is 2.38. The van der Waals surface area contributed by atoms with Crippen molar-refractivity contribution in [2.45, 2.75) is 20.8 Å². The zero-order chi connectivity index (χ0) is 11.9. The van der Waals surface area contributed by atoms with E-state index in [2.05, 4.69) is 15.0 Å². The largest absolute Gasteiger partial charge is 0.297 e. The fourth-order valence-corrected chi connectivity index (χ4v) is 1.66. The lowest BCUT2D eigenvalue weighted by atomic mass is 10.1. The zero-order valence-electron chi connectivity index (χ0n) is 9.48. The summed E-state index contributed by atoms with van der Waals surface area (Å²) in [5.41, 5.74) is 0. The SMILES string of the molecule is Cc1nc(C)nc(N2CC(=O)C(C)C2=N)n1. The van der Waals surface area contributed by atoms with E-state index in [1.165, 1.54) is 4.90 Å². The lowest BCUT2D eigenvalue weighted by molar-refractivity contribution is -0.118. The summed E-state index contributed by atoms with van der Waals surface area (Å²) in [6, 6.07) is 0. The van der Waals surface area contributed by atoms with Gasteiger partial charge in [0.1, 0.15) is 17.5 Å². The fraction of sp³-hybridized carbons (Fsp3) is 0.500. The quantitative estimate of drug-likeness (QED) is 0.743. The first-order valence-electron chi connectivity index (χ1n) is 5.07. The van der Waals surface area contributed by atoms with E-state index in [0.29, 0.717) is 17.6 Å². The molecule has 0 aliphatic carbocycles. The summed E-state index contributed by atoms with van der Waals surface area (Å²) in [7, 11) is 0. The van der Waals surface area contributed by atoms with Gasteiger partial charge in [0.15, 0.2) is 5.78 Å². The highest BCUT2D eigenvalue weighted by atomic mass is 16.1. The van der Waals surface area contributed by atoms with Crippen molar-refractivity contribution in [2.24, 2.45) is 5.92 Å². The van der Waals surface area contributed by atoms with E-state index in [1.54, 1.807) is 20.8 Å². The van der Waals surface area contributed by atoms with Crippen LogP contribution in [0.15, 0.2) is 0 Å². The maximum atomic E-state index is 11.5. The van der Waals surface area contributed by atoms with E-state index in [1.807, 2.05) is 0 Å². The summed E-state index contributed by atoms with van der Waals surface area (Å²) >= 11 is 0. The van der Waals surface area contributed by atoms with Crippen LogP contribution >= 0.6 is 0 Å². The van der Waals surface area contributed by atoms with E-state index in [4.69, 9.17) is 5.41 Å². The standard InChI is InChI=1S/C10H13N5O/c1-5-8(16)4-15(9(5)11)10-13-6(2)12-7(3)14-10/h5,11H,4H2,1-3H3. The summed E-state index contributed by atoms with van der Waals surface area (Å²) in [6.45, 7) is 5.45. The first-order chi connectivity index (χ1) is 7.49. The van der Waals surface area contributed by atoms with Gasteiger partial charge in [0, 0.05) is 0 Å². The molecule has 0 bridgehead atoms. The summed E-state index contributed by atoms with van der Waals surface area (Å²) in [6.07, 6.45) is 0. The van der Waals surface area contributed by atoms with Crippen LogP contribution in [0.5, 0.6) is 0 Å². The molecule has 1 aliphatic rings. The molecule has 1 fully saturated rings. The molecular formula is C10H13N5O. The Morgan fingerprint density at radius 1 is 1.25 bits per heavy atom. The number of anilines is 1. The molecule has 6 heteroatoms. The molecule has 1 unspecified atom stereocenters. The van der Waals surface area contributed by atoms with Crippen molar-refractivity contribution < 1.29 is 4.79 Å². The van der Waals surface area contributed by atoms with Gasteiger partial charge >= 0.3 is 0 Å². The Bertz CT molecular complexity index is 450. The molecule has 1 N–H and O–H groups in total. The number of amidine groups is 1. The van der Waals surface area contributed by atoms with Gasteiger partial charge in [-0.15, -0.1) is 0 Å². The minimum absolute atomic E-state index is 0.0284. The third-order valence-electron chi connectivity index (χ3n) is 2.59. The molecule has 0 amide bonds. The predicted molar refractivity (Wildman–Crippen MR) is 58.5 cm³/mol. The van der Waals surface area contributed by atoms with Gasteiger partial charge in [0.05, 0.1) is 12.5 Å². The second-order valence-electron chi connectivity index (χ2n) is 3.89. The van der Waals surface area contributed by atoms with E-state index in [9.17, 15) is 4.79 Å². The van der Waals surface area contributed by atoms with Crippen molar-refractivity contribution >= 4 is 17.6 Å². The number of hydrogen-bond donors (Lipinski definition) is 1. The third kappa shape index (κ3) is 1.66. The smallest absolute Gasteiger partial charge is 0.234 e. The van der Waals surface area contributed by atoms with Gasteiger partial charge in [-0.05, 0) is 20.8 Å². The van der Waals surface area contributed by atoms with Gasteiger partial charge < -0.3 is 0 Å². The third-order valence-corrected chi connectivity index (χ3v) is 2.59. The summed E-state index contributed by atoms with van der Waals surface area (Å²) in [5, 5.41) is 7.83. The highest BCUT2D eigenvalue weighted by Gasteiger charge is 2.34. The van der Waals surface area contributed by atoms with Crippen LogP contribution in [0.2, 0.25) is 0 Å². The number of aromatic nitrogens is 3. The summed E-state index contributed by atoms with van der Waals surface area (Å²) in [4.78, 5) is 25.4. The lowest BCUT2D eigenvalue weighted by Gasteiger charge is -2.15. The molecule has 0 spiro atoms. The van der Waals surface area contributed by atoms with Gasteiger partial charge in [-0.25, -0.2) is 4.98 Å². The van der Waals surface area contributed by atoms with Crippen molar-refractivity contribution in [2.75, 3.05) is 11.4 Å². The highest BCUT2D eigenvalue weighted by molar-refractivity contribution is 6.17. The average molecular weight is 219 g/mol. The predicted octanol–water partition coefficient (Wildman–Crippen LogP) is 0.491. The van der Waals surface area contributed by atoms with Crippen LogP contribution in [-0.2, 0) is 4.79 Å². The first-order valence-corrected chi connectivity index (χ1v) is 5.07. The van der Waals surface area contributed by atoms with Crippen LogP contribution in [0.4, 0.5) is 5.95 Å². The molecule has 1 aromatic heterocycles. The number of carbonyl (C=O) groups is 1. The molecule has 1 aromatic rings. The molecule has 2 heterocycles. The second-order valence-corrected chi connectivity index (χ2v) is 3.89. The zero-order valence-corrected chi connectivity index (χ0v) is 9.48. The van der Waals surface area contributed by atoms with E-state index in [0.717, 1.165) is 0 Å². The Morgan fingerprint density at radius 3 is 2.25 bits per heavy atom. The monoisotopic (exact) mass is 219 g/mol. The first kappa shape index (κ1) is 10.7. The van der Waals surface area contributed by atoms with Crippen molar-refractivity contribution in [3.8, 4) is 0 Å². The van der Waals surface area contributed by atoms with Crippen molar-refractivity contribution in [3.05, 3.63) is 11.6 Å². The molecule has 6 nitrogen and oxygen atoms in total. The molecule has 1 aliphatic heterocycles. The molecule has 0 aromatic carbocycles. The summed E-state index contributed by atoms with van der Waals surface area (Å²) in [5.74, 6) is 1.52. The Labute approximate surface area is 93.2 Å². The number of Topliss-reactive ketones (excluding diaryl/α,β-unsaturated/α-hetero) is 1. The molecular weight excluding hydrogens is 206 g/mol. The highest BCUT2D eigenvalue weighted by Crippen LogP contribution is 2.19. The van der Waals surface area contributed by atoms with Gasteiger partial charge in [0.25, 0.3) is 0 Å². The van der Waals surface area contributed by atoms with Gasteiger partial charge in [-0.2, -0.15) is 9.97 Å². The molecule has 2 rings (SSSR count). The van der Waals surface area contributed by atoms with Crippen molar-refractivity contribution in [1.29, 1.82) is 5.41 Å². The number of aryl methyl sites for hydroxylation is 2. The molecule has 84 valence electrons. The molecule has 16 heavy (non-hydrogen) atoms. The van der Waals surface area contributed by atoms with Gasteiger partial charge in [-0.1, -0.05) is 0 Å². The van der Waals surface area contributed by atoms with Crippen LogP contribution in [0.25, 0.3) is 0 Å². The van der Waals surface area contributed by atoms with E-state index in [-0.39, 0.29) is 24.1 Å². The van der Waals surface area contributed by atoms with E-state index >= 15 is 0 Å². The minimum Gasteiger partial charge on any atom is -0.297 e. The van der Waals surface area contributed by atoms with E-state index < -0.39 is 0 Å². The van der Waals surface area contributed by atoms with Gasteiger partial charge in [-0.3, -0.25) is 15.1 Å².